The smallest absolute Gasteiger partial charge is 0.321 e. The molecule has 0 unspecified atom stereocenters. The van der Waals surface area contributed by atoms with Gasteiger partial charge < -0.3 is 34.4 Å². The number of carbonyl (C=O) groups excluding carboxylic acids is 2. The Hall–Kier alpha value is -4.49. The summed E-state index contributed by atoms with van der Waals surface area (Å²) in [5, 5.41) is 12.8. The summed E-state index contributed by atoms with van der Waals surface area (Å²) >= 11 is 0. The summed E-state index contributed by atoms with van der Waals surface area (Å²) in [4.78, 5) is 29.9. The molecule has 13 heteroatoms. The van der Waals surface area contributed by atoms with Crippen molar-refractivity contribution in [3.05, 3.63) is 72.3 Å². The van der Waals surface area contributed by atoms with E-state index in [4.69, 9.17) is 14.2 Å². The van der Waals surface area contributed by atoms with E-state index in [2.05, 4.69) is 10.0 Å². The minimum atomic E-state index is -4.01. The monoisotopic (exact) mass is 610 g/mol. The first-order valence-electron chi connectivity index (χ1n) is 13.8. The number of hydrogen-bond donors (Lipinski definition) is 3. The van der Waals surface area contributed by atoms with Crippen molar-refractivity contribution < 1.29 is 37.3 Å². The van der Waals surface area contributed by atoms with Gasteiger partial charge in [-0.05, 0) is 43.3 Å². The third-order valence-electron chi connectivity index (χ3n) is 7.41. The van der Waals surface area contributed by atoms with Gasteiger partial charge in [-0.25, -0.2) is 13.2 Å². The van der Waals surface area contributed by atoms with E-state index in [1.165, 1.54) is 23.1 Å². The van der Waals surface area contributed by atoms with Crippen molar-refractivity contribution in [1.82, 2.24) is 9.80 Å². The van der Waals surface area contributed by atoms with Gasteiger partial charge in [-0.2, -0.15) is 0 Å². The van der Waals surface area contributed by atoms with Crippen LogP contribution in [0.2, 0.25) is 0 Å². The molecule has 0 fully saturated rings. The Bertz CT molecular complexity index is 1600. The van der Waals surface area contributed by atoms with Crippen molar-refractivity contribution in [3.8, 4) is 17.2 Å². The van der Waals surface area contributed by atoms with Crippen LogP contribution >= 0.6 is 0 Å². The fraction of sp³-hybridized carbons (Fsp3) is 0.333. The highest BCUT2D eigenvalue weighted by molar-refractivity contribution is 7.92. The molecule has 0 saturated carbocycles. The second kappa shape index (κ2) is 12.4. The summed E-state index contributed by atoms with van der Waals surface area (Å²) in [7, 11) is -2.40. The van der Waals surface area contributed by atoms with Crippen LogP contribution in [0.5, 0.6) is 17.2 Å². The predicted octanol–water partition coefficient (Wildman–Crippen LogP) is 3.60. The van der Waals surface area contributed by atoms with Crippen molar-refractivity contribution in [2.24, 2.45) is 5.92 Å². The molecule has 43 heavy (non-hydrogen) atoms. The molecular formula is C30H34N4O8S. The van der Waals surface area contributed by atoms with Crippen molar-refractivity contribution >= 4 is 33.3 Å². The van der Waals surface area contributed by atoms with Crippen LogP contribution in [0.4, 0.5) is 16.2 Å². The van der Waals surface area contributed by atoms with E-state index < -0.39 is 34.1 Å². The van der Waals surface area contributed by atoms with Crippen LogP contribution in [0.1, 0.15) is 24.2 Å². The van der Waals surface area contributed by atoms with E-state index in [1.807, 2.05) is 6.92 Å². The lowest BCUT2D eigenvalue weighted by molar-refractivity contribution is 0.0373. The maximum Gasteiger partial charge on any atom is 0.321 e. The topological polar surface area (TPSA) is 147 Å². The molecule has 2 aliphatic rings. The molecule has 0 bridgehead atoms. The Labute approximate surface area is 250 Å². The summed E-state index contributed by atoms with van der Waals surface area (Å²) < 4.78 is 46.2. The van der Waals surface area contributed by atoms with Gasteiger partial charge >= 0.3 is 6.03 Å². The van der Waals surface area contributed by atoms with Gasteiger partial charge in [-0.1, -0.05) is 31.2 Å². The largest absolute Gasteiger partial charge is 0.485 e. The molecule has 3 aromatic carbocycles. The van der Waals surface area contributed by atoms with Gasteiger partial charge in [-0.3, -0.25) is 9.52 Å². The summed E-state index contributed by atoms with van der Waals surface area (Å²) in [5.74, 6) is 0.449. The van der Waals surface area contributed by atoms with Crippen LogP contribution in [0.15, 0.2) is 71.6 Å². The summed E-state index contributed by atoms with van der Waals surface area (Å²) in [6, 6.07) is 16.7. The number of urea groups is 1. The number of sulfonamides is 1. The van der Waals surface area contributed by atoms with Crippen LogP contribution < -0.4 is 24.2 Å². The average Bonchev–Trinajstić information content (AvgIpc) is 3.47. The molecule has 0 radical (unpaired) electrons. The van der Waals surface area contributed by atoms with Crippen LogP contribution in [-0.2, 0) is 10.0 Å². The van der Waals surface area contributed by atoms with E-state index >= 15 is 0 Å². The molecule has 3 aromatic rings. The fourth-order valence-electron chi connectivity index (χ4n) is 4.89. The molecule has 228 valence electrons. The Morgan fingerprint density at radius 3 is 2.58 bits per heavy atom. The number of hydrogen-bond acceptors (Lipinski definition) is 8. The van der Waals surface area contributed by atoms with E-state index in [0.29, 0.717) is 17.2 Å². The van der Waals surface area contributed by atoms with Crippen LogP contribution in [0, 0.1) is 5.92 Å². The van der Waals surface area contributed by atoms with Crippen molar-refractivity contribution in [3.63, 3.8) is 0 Å². The lowest BCUT2D eigenvalue weighted by Gasteiger charge is -2.38. The number of aliphatic hydroxyl groups excluding tert-OH is 1. The first kappa shape index (κ1) is 30.0. The SMILES string of the molecule is C[C@H]1CN([C@@H](C)CO)C(=O)c2cccc(NS(=O)(=O)c3ccccc3)c2O[C@H]1CN(C)C(=O)Nc1ccc2c(c1)OCO2. The zero-order chi connectivity index (χ0) is 30.7. The predicted molar refractivity (Wildman–Crippen MR) is 159 cm³/mol. The Morgan fingerprint density at radius 1 is 1.09 bits per heavy atom. The highest BCUT2D eigenvalue weighted by Gasteiger charge is 2.35. The van der Waals surface area contributed by atoms with Gasteiger partial charge in [0.2, 0.25) is 6.79 Å². The number of amides is 3. The number of nitrogens with one attached hydrogen (secondary N) is 2. The molecule has 2 aliphatic heterocycles. The minimum Gasteiger partial charge on any atom is -0.485 e. The molecule has 0 saturated heterocycles. The number of fused-ring (bicyclic) bond motifs is 2. The second-order valence-corrected chi connectivity index (χ2v) is 12.3. The Balaban J connectivity index is 1.44. The van der Waals surface area contributed by atoms with Crippen LogP contribution in [0.25, 0.3) is 0 Å². The fourth-order valence-corrected chi connectivity index (χ4v) is 5.97. The van der Waals surface area contributed by atoms with E-state index in [9.17, 15) is 23.1 Å². The number of rotatable bonds is 8. The standard InChI is InChI=1S/C30H34N4O8S/c1-19-15-34(20(2)17-35)29(36)23-10-7-11-24(32-43(38,39)22-8-5-4-6-9-22)28(23)42-27(19)16-33(3)30(37)31-21-12-13-25-26(14-21)41-18-40-25/h4-14,19-20,27,32,35H,15-18H2,1-3H3,(H,31,37)/t19-,20-,27-/m0/s1. The number of aliphatic hydroxyl groups is 1. The van der Waals surface area contributed by atoms with Gasteiger partial charge in [0.05, 0.1) is 35.3 Å². The van der Waals surface area contributed by atoms with Crippen molar-refractivity contribution in [2.75, 3.05) is 43.6 Å². The van der Waals surface area contributed by atoms with Gasteiger partial charge in [0.1, 0.15) is 6.10 Å². The minimum absolute atomic E-state index is 0.0447. The lowest BCUT2D eigenvalue weighted by Crippen LogP contribution is -2.50. The van der Waals surface area contributed by atoms with Crippen molar-refractivity contribution in [2.45, 2.75) is 30.9 Å². The molecule has 0 aliphatic carbocycles. The number of anilines is 2. The molecule has 3 N–H and O–H groups in total. The second-order valence-electron chi connectivity index (χ2n) is 10.6. The quantitative estimate of drug-likeness (QED) is 0.351. The number of carbonyl (C=O) groups is 2. The van der Waals surface area contributed by atoms with Gasteiger partial charge in [0.25, 0.3) is 15.9 Å². The number of para-hydroxylation sites is 1. The lowest BCUT2D eigenvalue weighted by atomic mass is 9.99. The first-order chi connectivity index (χ1) is 20.6. The van der Waals surface area contributed by atoms with Gasteiger partial charge in [0, 0.05) is 31.3 Å². The normalized spacial score (nSPS) is 18.5. The molecular weight excluding hydrogens is 576 g/mol. The Kier molecular flexibility index (Phi) is 8.64. The summed E-state index contributed by atoms with van der Waals surface area (Å²) in [5.41, 5.74) is 0.736. The van der Waals surface area contributed by atoms with Crippen molar-refractivity contribution in [1.29, 1.82) is 0 Å². The number of benzene rings is 3. The molecule has 5 rings (SSSR count). The third-order valence-corrected chi connectivity index (χ3v) is 8.79. The molecule has 2 heterocycles. The molecule has 3 amide bonds. The van der Waals surface area contributed by atoms with Gasteiger partial charge in [0.15, 0.2) is 17.2 Å². The van der Waals surface area contributed by atoms with Gasteiger partial charge in [-0.15, -0.1) is 0 Å². The van der Waals surface area contributed by atoms with E-state index in [1.54, 1.807) is 67.4 Å². The zero-order valence-electron chi connectivity index (χ0n) is 24.0. The number of likely N-dealkylation sites (N-methyl/N-ethyl adjacent to an activating group) is 1. The van der Waals surface area contributed by atoms with E-state index in [0.717, 1.165) is 0 Å². The maximum absolute atomic E-state index is 13.7. The number of ether oxygens (including phenoxy) is 3. The van der Waals surface area contributed by atoms with Crippen LogP contribution in [0.3, 0.4) is 0 Å². The molecule has 0 spiro atoms. The molecule has 3 atom stereocenters. The highest BCUT2D eigenvalue weighted by atomic mass is 32.2. The van der Waals surface area contributed by atoms with Crippen LogP contribution in [-0.4, -0.2) is 80.9 Å². The summed E-state index contributed by atoms with van der Waals surface area (Å²) in [6.07, 6.45) is -0.657. The average molecular weight is 611 g/mol. The highest BCUT2D eigenvalue weighted by Crippen LogP contribution is 2.37. The third kappa shape index (κ3) is 6.47. The zero-order valence-corrected chi connectivity index (χ0v) is 24.8. The maximum atomic E-state index is 13.7. The Morgan fingerprint density at radius 2 is 1.84 bits per heavy atom. The molecule has 0 aromatic heterocycles. The molecule has 12 nitrogen and oxygen atoms in total. The van der Waals surface area contributed by atoms with E-state index in [-0.39, 0.29) is 54.3 Å². The number of nitrogens with zero attached hydrogens (tertiary/aromatic N) is 2. The first-order valence-corrected chi connectivity index (χ1v) is 15.3. The summed E-state index contributed by atoms with van der Waals surface area (Å²) in [6.45, 7) is 3.80.